The first-order chi connectivity index (χ1) is 12.1. The van der Waals surface area contributed by atoms with E-state index in [1.165, 1.54) is 0 Å². The second-order valence-corrected chi connectivity index (χ2v) is 5.97. The van der Waals surface area contributed by atoms with Crippen molar-refractivity contribution in [2.24, 2.45) is 5.73 Å². The number of carbonyl (C=O) groups excluding carboxylic acids is 2. The zero-order chi connectivity index (χ0) is 17.6. The molecule has 2 aromatic rings. The Kier molecular flexibility index (Phi) is 5.23. The fraction of sp³-hybridized carbons (Fsp3) is 0.333. The number of hydrogen-bond acceptors (Lipinski definition) is 5. The Hall–Kier alpha value is -2.96. The van der Waals surface area contributed by atoms with E-state index in [1.807, 2.05) is 21.9 Å². The highest BCUT2D eigenvalue weighted by molar-refractivity contribution is 5.97. The van der Waals surface area contributed by atoms with Crippen molar-refractivity contribution in [2.75, 3.05) is 31.1 Å². The van der Waals surface area contributed by atoms with Crippen molar-refractivity contribution in [3.05, 3.63) is 54.0 Å². The second-order valence-electron chi connectivity index (χ2n) is 5.97. The lowest BCUT2D eigenvalue weighted by atomic mass is 10.1. The molecule has 0 aromatic carbocycles. The van der Waals surface area contributed by atoms with Crippen LogP contribution in [0.4, 0.5) is 5.82 Å². The molecule has 1 saturated heterocycles. The SMILES string of the molecule is NC(=O)c1cccnc1N1CCN(C(=O)CCc2cccnc2)CC1. The van der Waals surface area contributed by atoms with E-state index in [0.29, 0.717) is 50.4 Å². The third-order valence-electron chi connectivity index (χ3n) is 4.33. The van der Waals surface area contributed by atoms with Crippen LogP contribution in [-0.4, -0.2) is 52.9 Å². The molecule has 2 aromatic heterocycles. The van der Waals surface area contributed by atoms with E-state index in [9.17, 15) is 9.59 Å². The summed E-state index contributed by atoms with van der Waals surface area (Å²) < 4.78 is 0. The minimum absolute atomic E-state index is 0.139. The number of rotatable bonds is 5. The van der Waals surface area contributed by atoms with Crippen molar-refractivity contribution in [1.29, 1.82) is 0 Å². The normalized spacial score (nSPS) is 14.4. The van der Waals surface area contributed by atoms with E-state index in [0.717, 1.165) is 5.56 Å². The Morgan fingerprint density at radius 3 is 2.52 bits per heavy atom. The maximum atomic E-state index is 12.4. The van der Waals surface area contributed by atoms with Crippen LogP contribution in [0.5, 0.6) is 0 Å². The predicted molar refractivity (Wildman–Crippen MR) is 94.1 cm³/mol. The van der Waals surface area contributed by atoms with Gasteiger partial charge in [-0.2, -0.15) is 0 Å². The third kappa shape index (κ3) is 4.12. The fourth-order valence-electron chi connectivity index (χ4n) is 2.96. The molecule has 1 aliphatic heterocycles. The summed E-state index contributed by atoms with van der Waals surface area (Å²) in [7, 11) is 0. The van der Waals surface area contributed by atoms with Gasteiger partial charge in [-0.3, -0.25) is 14.6 Å². The highest BCUT2D eigenvalue weighted by Gasteiger charge is 2.24. The molecule has 0 bridgehead atoms. The Morgan fingerprint density at radius 2 is 1.84 bits per heavy atom. The Labute approximate surface area is 146 Å². The van der Waals surface area contributed by atoms with Gasteiger partial charge >= 0.3 is 0 Å². The van der Waals surface area contributed by atoms with Crippen LogP contribution in [0.1, 0.15) is 22.3 Å². The number of amides is 2. The highest BCUT2D eigenvalue weighted by Crippen LogP contribution is 2.19. The van der Waals surface area contributed by atoms with Gasteiger partial charge in [-0.25, -0.2) is 4.98 Å². The molecule has 0 radical (unpaired) electrons. The molecule has 7 heteroatoms. The van der Waals surface area contributed by atoms with E-state index in [2.05, 4.69) is 9.97 Å². The molecule has 2 N–H and O–H groups in total. The minimum atomic E-state index is -0.488. The molecule has 3 rings (SSSR count). The number of nitrogens with zero attached hydrogens (tertiary/aromatic N) is 4. The maximum absolute atomic E-state index is 12.4. The molecule has 3 heterocycles. The van der Waals surface area contributed by atoms with Crippen LogP contribution in [0.3, 0.4) is 0 Å². The van der Waals surface area contributed by atoms with E-state index >= 15 is 0 Å². The molecule has 0 aliphatic carbocycles. The number of carbonyl (C=O) groups is 2. The van der Waals surface area contributed by atoms with Crippen molar-refractivity contribution in [2.45, 2.75) is 12.8 Å². The van der Waals surface area contributed by atoms with Gasteiger partial charge in [0.2, 0.25) is 5.91 Å². The zero-order valence-electron chi connectivity index (χ0n) is 14.0. The molecule has 1 fully saturated rings. The molecule has 7 nitrogen and oxygen atoms in total. The highest BCUT2D eigenvalue weighted by atomic mass is 16.2. The van der Waals surface area contributed by atoms with Gasteiger partial charge in [0.05, 0.1) is 5.56 Å². The number of pyridine rings is 2. The predicted octanol–water partition coefficient (Wildman–Crippen LogP) is 0.857. The summed E-state index contributed by atoms with van der Waals surface area (Å²) in [5.74, 6) is 0.246. The zero-order valence-corrected chi connectivity index (χ0v) is 14.0. The number of aromatic nitrogens is 2. The van der Waals surface area contributed by atoms with Crippen LogP contribution >= 0.6 is 0 Å². The molecule has 0 saturated carbocycles. The molecule has 1 aliphatic rings. The van der Waals surface area contributed by atoms with E-state index < -0.39 is 5.91 Å². The number of anilines is 1. The first-order valence-electron chi connectivity index (χ1n) is 8.31. The van der Waals surface area contributed by atoms with Crippen LogP contribution in [0.2, 0.25) is 0 Å². The molecule has 130 valence electrons. The van der Waals surface area contributed by atoms with Gasteiger partial charge in [-0.05, 0) is 30.2 Å². The van der Waals surface area contributed by atoms with Gasteiger partial charge < -0.3 is 15.5 Å². The van der Waals surface area contributed by atoms with E-state index in [4.69, 9.17) is 5.73 Å². The quantitative estimate of drug-likeness (QED) is 0.872. The monoisotopic (exact) mass is 339 g/mol. The van der Waals surface area contributed by atoms with Crippen LogP contribution in [0, 0.1) is 0 Å². The van der Waals surface area contributed by atoms with Gasteiger partial charge in [0, 0.05) is 51.2 Å². The Bertz CT molecular complexity index is 742. The first-order valence-corrected chi connectivity index (χ1v) is 8.31. The smallest absolute Gasteiger partial charge is 0.252 e. The molecule has 2 amide bonds. The summed E-state index contributed by atoms with van der Waals surface area (Å²) in [6, 6.07) is 7.23. The first kappa shape index (κ1) is 16.9. The van der Waals surface area contributed by atoms with Crippen molar-refractivity contribution in [3.63, 3.8) is 0 Å². The molecule has 25 heavy (non-hydrogen) atoms. The lowest BCUT2D eigenvalue weighted by molar-refractivity contribution is -0.131. The molecular weight excluding hydrogens is 318 g/mol. The van der Waals surface area contributed by atoms with Crippen molar-refractivity contribution >= 4 is 17.6 Å². The van der Waals surface area contributed by atoms with Crippen molar-refractivity contribution in [3.8, 4) is 0 Å². The number of nitrogens with two attached hydrogens (primary N) is 1. The van der Waals surface area contributed by atoms with E-state index in [1.54, 1.807) is 30.7 Å². The second kappa shape index (κ2) is 7.74. The lowest BCUT2D eigenvalue weighted by Crippen LogP contribution is -2.49. The van der Waals surface area contributed by atoms with E-state index in [-0.39, 0.29) is 5.91 Å². The lowest BCUT2D eigenvalue weighted by Gasteiger charge is -2.36. The minimum Gasteiger partial charge on any atom is -0.365 e. The Balaban J connectivity index is 1.55. The summed E-state index contributed by atoms with van der Waals surface area (Å²) in [5, 5.41) is 0. The van der Waals surface area contributed by atoms with Gasteiger partial charge in [0.25, 0.3) is 5.91 Å². The molecule has 0 unspecified atom stereocenters. The number of piperazine rings is 1. The standard InChI is InChI=1S/C18H21N5O2/c19-17(25)15-4-2-8-21-18(15)23-11-9-22(10-12-23)16(24)6-5-14-3-1-7-20-13-14/h1-4,7-8,13H,5-6,9-12H2,(H2,19,25). The average Bonchev–Trinajstić information content (AvgIpc) is 2.67. The number of hydrogen-bond donors (Lipinski definition) is 1. The van der Waals surface area contributed by atoms with Crippen LogP contribution < -0.4 is 10.6 Å². The molecule has 0 atom stereocenters. The third-order valence-corrected chi connectivity index (χ3v) is 4.33. The van der Waals surface area contributed by atoms with Crippen molar-refractivity contribution in [1.82, 2.24) is 14.9 Å². The fourth-order valence-corrected chi connectivity index (χ4v) is 2.96. The van der Waals surface area contributed by atoms with Gasteiger partial charge in [0.15, 0.2) is 0 Å². The summed E-state index contributed by atoms with van der Waals surface area (Å²) in [5.41, 5.74) is 6.90. The summed E-state index contributed by atoms with van der Waals surface area (Å²) in [6.07, 6.45) is 6.33. The van der Waals surface area contributed by atoms with Gasteiger partial charge in [0.1, 0.15) is 5.82 Å². The molecule has 0 spiro atoms. The summed E-state index contributed by atoms with van der Waals surface area (Å²) >= 11 is 0. The average molecular weight is 339 g/mol. The van der Waals surface area contributed by atoms with Crippen LogP contribution in [0.25, 0.3) is 0 Å². The van der Waals surface area contributed by atoms with Gasteiger partial charge in [-0.15, -0.1) is 0 Å². The number of primary amides is 1. The topological polar surface area (TPSA) is 92.4 Å². The van der Waals surface area contributed by atoms with Crippen LogP contribution in [-0.2, 0) is 11.2 Å². The maximum Gasteiger partial charge on any atom is 0.252 e. The summed E-state index contributed by atoms with van der Waals surface area (Å²) in [4.78, 5) is 36.1. The van der Waals surface area contributed by atoms with Gasteiger partial charge in [-0.1, -0.05) is 6.07 Å². The van der Waals surface area contributed by atoms with Crippen LogP contribution in [0.15, 0.2) is 42.9 Å². The largest absolute Gasteiger partial charge is 0.365 e. The Morgan fingerprint density at radius 1 is 1.08 bits per heavy atom. The summed E-state index contributed by atoms with van der Waals surface area (Å²) in [6.45, 7) is 2.49. The number of aryl methyl sites for hydroxylation is 1. The molecular formula is C18H21N5O2. The van der Waals surface area contributed by atoms with Crippen molar-refractivity contribution < 1.29 is 9.59 Å².